The summed E-state index contributed by atoms with van der Waals surface area (Å²) in [6, 6.07) is 24.7. The molecular formula is C99H116O27. The van der Waals surface area contributed by atoms with E-state index >= 15 is 0 Å². The number of rotatable bonds is 18. The van der Waals surface area contributed by atoms with Crippen molar-refractivity contribution in [3.63, 3.8) is 0 Å². The number of fused-ring (bicyclic) bond motifs is 16. The molecule has 8 aliphatic rings. The molecule has 17 rings (SSSR count). The first-order chi connectivity index (χ1) is 60.9. The van der Waals surface area contributed by atoms with Gasteiger partial charge < -0.3 is 124 Å². The lowest BCUT2D eigenvalue weighted by atomic mass is 9.73. The van der Waals surface area contributed by atoms with Crippen LogP contribution in [0.3, 0.4) is 0 Å². The van der Waals surface area contributed by atoms with E-state index in [9.17, 15) is 9.90 Å². The molecule has 3 unspecified atom stereocenters. The zero-order valence-electron chi connectivity index (χ0n) is 76.5. The zero-order valence-corrected chi connectivity index (χ0v) is 76.5. The fourth-order valence-electron chi connectivity index (χ4n) is 18.7. The average molecular weight is 1740 g/mol. The summed E-state index contributed by atoms with van der Waals surface area (Å²) in [6.45, 7) is 17.9. The molecule has 0 radical (unpaired) electrons. The van der Waals surface area contributed by atoms with Crippen molar-refractivity contribution in [2.24, 2.45) is 41.4 Å². The van der Waals surface area contributed by atoms with Crippen molar-refractivity contribution in [3.8, 4) is 182 Å². The Morgan fingerprint density at radius 2 is 0.532 bits per heavy atom. The summed E-state index contributed by atoms with van der Waals surface area (Å²) in [7, 11) is 25.8. The monoisotopic (exact) mass is 1740 g/mol. The molecule has 27 nitrogen and oxygen atoms in total. The van der Waals surface area contributed by atoms with Gasteiger partial charge >= 0.3 is 5.97 Å². The minimum atomic E-state index is -1.51. The smallest absolute Gasteiger partial charge is 0.338 e. The first kappa shape index (κ1) is 89.9. The van der Waals surface area contributed by atoms with Gasteiger partial charge in [-0.05, 0) is 193 Å². The van der Waals surface area contributed by atoms with Gasteiger partial charge in [0.1, 0.15) is 5.60 Å². The molecule has 9 atom stereocenters. The van der Waals surface area contributed by atoms with Crippen molar-refractivity contribution in [2.75, 3.05) is 141 Å². The van der Waals surface area contributed by atoms with Gasteiger partial charge in [-0.3, -0.25) is 0 Å². The Bertz CT molecular complexity index is 5390. The summed E-state index contributed by atoms with van der Waals surface area (Å²) in [5.41, 5.74) is 14.0. The Kier molecular flexibility index (Phi) is 27.0. The zero-order chi connectivity index (χ0) is 90.0. The Morgan fingerprint density at radius 1 is 0.294 bits per heavy atom. The van der Waals surface area contributed by atoms with E-state index in [2.05, 4.69) is 65.8 Å². The number of hydrogen-bond donors (Lipinski definition) is 1. The van der Waals surface area contributed by atoms with Crippen LogP contribution in [0.15, 0.2) is 78.9 Å². The number of hydrogen-bond acceptors (Lipinski definition) is 27. The molecule has 0 amide bonds. The number of carbonyl (C=O) groups is 1. The number of methoxy groups -OCH3 is 16. The maximum absolute atomic E-state index is 13.4. The SMILES string of the molecule is COc1c2c(cc3c1-c1c(cc4c(c1OC)OCO4)CC(C)C(C)C3)OCO2.COc1cc2c(c(OC)c1OC)-c1c(cc(OC)c(OC)c1OC)C[C@H](C)[C@H](C)C2.COc1cc2c(c(OC)c1OC)-c1c(cc3c(c1OC)OCO3)CC(C)[C@](C)(O)[C@H]2OC(=O)c1ccccc1.COc1cc2c(c(OC)c1OC)-c1c(cc3c(c1OC)OCO3)C[C@@H](C)[C@@H](C)C2. The largest absolute Gasteiger partial charge is 0.493 e. The summed E-state index contributed by atoms with van der Waals surface area (Å²) >= 11 is 0. The van der Waals surface area contributed by atoms with Crippen LogP contribution in [-0.4, -0.2) is 158 Å². The summed E-state index contributed by atoms with van der Waals surface area (Å²) in [4.78, 5) is 13.4. The molecule has 0 fully saturated rings. The minimum absolute atomic E-state index is 0.0507. The predicted molar refractivity (Wildman–Crippen MR) is 472 cm³/mol. The molecule has 4 heterocycles. The second-order valence-electron chi connectivity index (χ2n) is 32.9. The van der Waals surface area contributed by atoms with E-state index in [-0.39, 0.29) is 33.1 Å². The number of benzene rings is 9. The molecule has 0 spiro atoms. The molecule has 9 aromatic carbocycles. The Labute approximate surface area is 736 Å². The van der Waals surface area contributed by atoms with E-state index in [0.29, 0.717) is 185 Å². The van der Waals surface area contributed by atoms with Gasteiger partial charge in [-0.15, -0.1) is 0 Å². The van der Waals surface area contributed by atoms with E-state index < -0.39 is 17.7 Å². The van der Waals surface area contributed by atoms with E-state index in [4.69, 9.17) is 118 Å². The van der Waals surface area contributed by atoms with Gasteiger partial charge in [0, 0.05) is 50.1 Å². The minimum Gasteiger partial charge on any atom is -0.493 e. The van der Waals surface area contributed by atoms with Gasteiger partial charge in [0.05, 0.1) is 119 Å². The molecule has 4 aliphatic heterocycles. The highest BCUT2D eigenvalue weighted by Crippen LogP contribution is 2.64. The number of carbonyl (C=O) groups excluding carboxylic acids is 1. The van der Waals surface area contributed by atoms with E-state index in [1.807, 2.05) is 31.2 Å². The highest BCUT2D eigenvalue weighted by molar-refractivity contribution is 5.94. The third-order valence-corrected chi connectivity index (χ3v) is 26.0. The molecule has 126 heavy (non-hydrogen) atoms. The Balaban J connectivity index is 0.000000138. The second kappa shape index (κ2) is 37.8. The fourth-order valence-corrected chi connectivity index (χ4v) is 18.7. The average Bonchev–Trinajstić information content (AvgIpc) is 1.22. The highest BCUT2D eigenvalue weighted by atomic mass is 16.7. The molecular weight excluding hydrogens is 1620 g/mol. The van der Waals surface area contributed by atoms with Crippen molar-refractivity contribution in [1.29, 1.82) is 0 Å². The lowest BCUT2D eigenvalue weighted by Crippen LogP contribution is -2.43. The topological polar surface area (TPSA) is 268 Å². The molecule has 0 saturated carbocycles. The van der Waals surface area contributed by atoms with Gasteiger partial charge in [0.15, 0.2) is 98.1 Å². The van der Waals surface area contributed by atoms with E-state index in [1.165, 1.54) is 32.5 Å². The van der Waals surface area contributed by atoms with E-state index in [1.54, 1.807) is 130 Å². The van der Waals surface area contributed by atoms with Crippen LogP contribution >= 0.6 is 0 Å². The van der Waals surface area contributed by atoms with Crippen LogP contribution in [0.25, 0.3) is 44.5 Å². The quantitative estimate of drug-likeness (QED) is 0.0782. The maximum Gasteiger partial charge on any atom is 0.338 e. The third-order valence-electron chi connectivity index (χ3n) is 26.0. The van der Waals surface area contributed by atoms with Crippen LogP contribution in [0.5, 0.6) is 138 Å². The highest BCUT2D eigenvalue weighted by Gasteiger charge is 2.48. The predicted octanol–water partition coefficient (Wildman–Crippen LogP) is 18.4. The number of esters is 1. The van der Waals surface area contributed by atoms with Gasteiger partial charge in [0.25, 0.3) is 0 Å². The summed E-state index contributed by atoms with van der Waals surface area (Å²) in [5, 5.41) is 12.1. The molecule has 0 saturated heterocycles. The van der Waals surface area contributed by atoms with Crippen molar-refractivity contribution in [2.45, 2.75) is 112 Å². The number of ether oxygens (including phenoxy) is 25. The molecule has 674 valence electrons. The van der Waals surface area contributed by atoms with Crippen LogP contribution in [0.1, 0.15) is 116 Å². The van der Waals surface area contributed by atoms with Gasteiger partial charge in [0.2, 0.25) is 73.2 Å². The first-order valence-corrected chi connectivity index (χ1v) is 42.1. The second-order valence-corrected chi connectivity index (χ2v) is 32.9. The Morgan fingerprint density at radius 3 is 0.802 bits per heavy atom. The van der Waals surface area contributed by atoms with Crippen LogP contribution < -0.4 is 114 Å². The maximum atomic E-state index is 13.4. The van der Waals surface area contributed by atoms with Gasteiger partial charge in [-0.2, -0.15) is 0 Å². The fraction of sp³-hybridized carbons (Fsp3) is 0.444. The molecule has 0 bridgehead atoms. The third kappa shape index (κ3) is 16.1. The van der Waals surface area contributed by atoms with Gasteiger partial charge in [-0.1, -0.05) is 66.7 Å². The van der Waals surface area contributed by atoms with Crippen molar-refractivity contribution in [1.82, 2.24) is 0 Å². The molecule has 9 aromatic rings. The van der Waals surface area contributed by atoms with Crippen molar-refractivity contribution in [3.05, 3.63) is 129 Å². The number of aliphatic hydroxyl groups is 1. The normalized spacial score (nSPS) is 20.0. The molecule has 4 aliphatic carbocycles. The van der Waals surface area contributed by atoms with Crippen LogP contribution in [-0.2, 0) is 49.7 Å². The standard InChI is InChI=1S/C30H32O9.C24H32O6.C23H28O6.C22H24O6/c1-16-12-18-13-21-25(38-15-37-21)26(35-5)22(18)23-19(14-20(33-3)24(34-4)27(23)36-6)28(30(16,2)32)39-29(31)17-10-8-7-9-11-17;1-13-9-15-11-17(25-3)21(27-5)23(29-7)19(15)20-16(10-14(13)2)12-18(26-4)22(28-6)24(20)30-8;1-12-7-14-9-16(24-3)20(25-4)22(26-5)18(14)19-15(8-13(12)2)10-17-21(23(19)27-6)29-11-28-17;1-11-5-13-7-15-19(27-9-25-15)21(23-3)17(13)18-14(6-12(11)2)8-16-20(22(18)24-4)28-10-26-16/h7-11,13-14,16,28,32H,12,15H2,1-6H3;11-14H,9-10H2,1-8H3;9-10,12-13H,7-8,11H2,1-6H3;7-8,11-12H,5-6,9-10H2,1-4H3/t16?,28-,30-;13-,14+;12-,13+;/m0.0./s1. The van der Waals surface area contributed by atoms with E-state index in [0.717, 1.165) is 117 Å². The molecule has 0 aromatic heterocycles. The van der Waals surface area contributed by atoms with Crippen LogP contribution in [0, 0.1) is 41.4 Å². The molecule has 27 heteroatoms. The van der Waals surface area contributed by atoms with Crippen molar-refractivity contribution >= 4 is 5.97 Å². The lowest BCUT2D eigenvalue weighted by molar-refractivity contribution is -0.107. The summed E-state index contributed by atoms with van der Waals surface area (Å²) in [5.74, 6) is 16.0. The van der Waals surface area contributed by atoms with Crippen LogP contribution in [0.4, 0.5) is 0 Å². The van der Waals surface area contributed by atoms with Crippen molar-refractivity contribution < 1.29 is 128 Å². The summed E-state index contributed by atoms with van der Waals surface area (Å²) in [6.07, 6.45) is 4.68. The van der Waals surface area contributed by atoms with Crippen LogP contribution in [0.2, 0.25) is 0 Å². The van der Waals surface area contributed by atoms with Gasteiger partial charge in [-0.25, -0.2) is 4.79 Å². The summed E-state index contributed by atoms with van der Waals surface area (Å²) < 4.78 is 144. The first-order valence-electron chi connectivity index (χ1n) is 42.1. The molecule has 1 N–H and O–H groups in total. The lowest BCUT2D eigenvalue weighted by Gasteiger charge is -2.41. The Hall–Kier alpha value is -12.4.